The van der Waals surface area contributed by atoms with Crippen LogP contribution in [0.5, 0.6) is 0 Å². The van der Waals surface area contributed by atoms with Crippen LogP contribution in [0.4, 0.5) is 0 Å². The highest BCUT2D eigenvalue weighted by molar-refractivity contribution is 5.93. The van der Waals surface area contributed by atoms with Gasteiger partial charge < -0.3 is 10.1 Å². The van der Waals surface area contributed by atoms with E-state index in [1.54, 1.807) is 17.1 Å². The number of hydrogen-bond acceptors (Lipinski definition) is 3. The van der Waals surface area contributed by atoms with E-state index in [-0.39, 0.29) is 11.4 Å². The van der Waals surface area contributed by atoms with Crippen LogP contribution < -0.4 is 5.32 Å². The number of nitrogens with one attached hydrogen (secondary N) is 1. The fourth-order valence-electron chi connectivity index (χ4n) is 1.89. The Labute approximate surface area is 108 Å². The summed E-state index contributed by atoms with van der Waals surface area (Å²) in [6.07, 6.45) is 4.44. The van der Waals surface area contributed by atoms with Crippen molar-refractivity contribution in [2.75, 3.05) is 19.8 Å². The number of aromatic nitrogens is 2. The van der Waals surface area contributed by atoms with Gasteiger partial charge in [-0.1, -0.05) is 0 Å². The van der Waals surface area contributed by atoms with Crippen LogP contribution in [0.1, 0.15) is 37.6 Å². The first-order chi connectivity index (χ1) is 8.47. The molecule has 5 nitrogen and oxygen atoms in total. The fourth-order valence-corrected chi connectivity index (χ4v) is 1.89. The fraction of sp³-hybridized carbons (Fsp3) is 0.692. The van der Waals surface area contributed by atoms with Crippen molar-refractivity contribution in [1.29, 1.82) is 0 Å². The standard InChI is InChI=1S/C13H21N3O2/c1-13(2,3)16-8-11(7-15-16)12(17)14-6-10-4-5-18-9-10/h7-8,10H,4-6,9H2,1-3H3,(H,14,17)/t10-/m0/s1. The predicted octanol–water partition coefficient (Wildman–Crippen LogP) is 1.40. The Morgan fingerprint density at radius 1 is 1.61 bits per heavy atom. The van der Waals surface area contributed by atoms with E-state index in [0.29, 0.717) is 18.0 Å². The number of carbonyl (C=O) groups is 1. The van der Waals surface area contributed by atoms with Gasteiger partial charge in [0.15, 0.2) is 0 Å². The zero-order chi connectivity index (χ0) is 13.2. The lowest BCUT2D eigenvalue weighted by Crippen LogP contribution is -2.29. The van der Waals surface area contributed by atoms with Crippen LogP contribution in [0, 0.1) is 5.92 Å². The predicted molar refractivity (Wildman–Crippen MR) is 68.5 cm³/mol. The third-order valence-electron chi connectivity index (χ3n) is 3.11. The van der Waals surface area contributed by atoms with Gasteiger partial charge in [-0.3, -0.25) is 9.48 Å². The Morgan fingerprint density at radius 3 is 2.94 bits per heavy atom. The Hall–Kier alpha value is -1.36. The summed E-state index contributed by atoms with van der Waals surface area (Å²) in [4.78, 5) is 11.9. The maximum Gasteiger partial charge on any atom is 0.254 e. The summed E-state index contributed by atoms with van der Waals surface area (Å²) in [6.45, 7) is 8.40. The van der Waals surface area contributed by atoms with Crippen LogP contribution in [-0.4, -0.2) is 35.4 Å². The quantitative estimate of drug-likeness (QED) is 0.883. The minimum absolute atomic E-state index is 0.0580. The lowest BCUT2D eigenvalue weighted by atomic mass is 10.1. The molecule has 1 aromatic heterocycles. The van der Waals surface area contributed by atoms with E-state index in [9.17, 15) is 4.79 Å². The average molecular weight is 251 g/mol. The minimum Gasteiger partial charge on any atom is -0.381 e. The molecular weight excluding hydrogens is 230 g/mol. The third-order valence-corrected chi connectivity index (χ3v) is 3.11. The molecule has 0 aromatic carbocycles. The van der Waals surface area contributed by atoms with Crippen molar-refractivity contribution in [1.82, 2.24) is 15.1 Å². The summed E-state index contributed by atoms with van der Waals surface area (Å²) in [7, 11) is 0. The average Bonchev–Trinajstić information content (AvgIpc) is 2.96. The lowest BCUT2D eigenvalue weighted by Gasteiger charge is -2.18. The van der Waals surface area contributed by atoms with Crippen molar-refractivity contribution in [3.8, 4) is 0 Å². The lowest BCUT2D eigenvalue weighted by molar-refractivity contribution is 0.0945. The highest BCUT2D eigenvalue weighted by Crippen LogP contribution is 2.14. The molecule has 1 amide bonds. The summed E-state index contributed by atoms with van der Waals surface area (Å²) < 4.78 is 7.08. The molecule has 0 unspecified atom stereocenters. The Bertz CT molecular complexity index is 414. The van der Waals surface area contributed by atoms with Gasteiger partial charge in [0.05, 0.1) is 23.9 Å². The van der Waals surface area contributed by atoms with E-state index in [0.717, 1.165) is 19.6 Å². The van der Waals surface area contributed by atoms with Crippen molar-refractivity contribution in [2.24, 2.45) is 5.92 Å². The molecule has 0 saturated carbocycles. The number of rotatable bonds is 3. The molecule has 18 heavy (non-hydrogen) atoms. The van der Waals surface area contributed by atoms with Crippen LogP contribution in [0.25, 0.3) is 0 Å². The topological polar surface area (TPSA) is 56.2 Å². The SMILES string of the molecule is CC(C)(C)n1cc(C(=O)NC[C@@H]2CCOC2)cn1. The van der Waals surface area contributed by atoms with Crippen molar-refractivity contribution < 1.29 is 9.53 Å². The summed E-state index contributed by atoms with van der Waals surface area (Å²) in [5, 5.41) is 7.15. The molecular formula is C13H21N3O2. The minimum atomic E-state index is -0.0994. The van der Waals surface area contributed by atoms with Gasteiger partial charge in [0, 0.05) is 25.3 Å². The maximum absolute atomic E-state index is 11.9. The smallest absolute Gasteiger partial charge is 0.254 e. The molecule has 1 atom stereocenters. The van der Waals surface area contributed by atoms with Gasteiger partial charge in [0.2, 0.25) is 0 Å². The van der Waals surface area contributed by atoms with Crippen molar-refractivity contribution in [3.63, 3.8) is 0 Å². The highest BCUT2D eigenvalue weighted by Gasteiger charge is 2.19. The molecule has 0 radical (unpaired) electrons. The highest BCUT2D eigenvalue weighted by atomic mass is 16.5. The molecule has 100 valence electrons. The monoisotopic (exact) mass is 251 g/mol. The molecule has 0 spiro atoms. The molecule has 0 bridgehead atoms. The number of nitrogens with zero attached hydrogens (tertiary/aromatic N) is 2. The van der Waals surface area contributed by atoms with E-state index in [1.807, 2.05) is 0 Å². The zero-order valence-corrected chi connectivity index (χ0v) is 11.3. The summed E-state index contributed by atoms with van der Waals surface area (Å²) in [5.74, 6) is 0.393. The van der Waals surface area contributed by atoms with Gasteiger partial charge in [-0.15, -0.1) is 0 Å². The van der Waals surface area contributed by atoms with Crippen molar-refractivity contribution >= 4 is 5.91 Å². The second kappa shape index (κ2) is 5.10. The summed E-state index contributed by atoms with van der Waals surface area (Å²) in [6, 6.07) is 0. The van der Waals surface area contributed by atoms with Crippen LogP contribution >= 0.6 is 0 Å². The van der Waals surface area contributed by atoms with Crippen molar-refractivity contribution in [2.45, 2.75) is 32.7 Å². The molecule has 5 heteroatoms. The van der Waals surface area contributed by atoms with Gasteiger partial charge in [-0.25, -0.2) is 0 Å². The van der Waals surface area contributed by atoms with Crippen LogP contribution in [0.15, 0.2) is 12.4 Å². The van der Waals surface area contributed by atoms with Gasteiger partial charge in [0.1, 0.15) is 0 Å². The number of ether oxygens (including phenoxy) is 1. The first kappa shape index (κ1) is 13.1. The first-order valence-electron chi connectivity index (χ1n) is 6.38. The van der Waals surface area contributed by atoms with Gasteiger partial charge in [-0.2, -0.15) is 5.10 Å². The largest absolute Gasteiger partial charge is 0.381 e. The third kappa shape index (κ3) is 3.10. The summed E-state index contributed by atoms with van der Waals surface area (Å²) >= 11 is 0. The van der Waals surface area contributed by atoms with Crippen LogP contribution in [0.3, 0.4) is 0 Å². The van der Waals surface area contributed by atoms with Gasteiger partial charge >= 0.3 is 0 Å². The van der Waals surface area contributed by atoms with E-state index in [2.05, 4.69) is 31.2 Å². The normalized spacial score (nSPS) is 20.1. The molecule has 1 saturated heterocycles. The molecule has 2 heterocycles. The number of carbonyl (C=O) groups excluding carboxylic acids is 1. The second-order valence-electron chi connectivity index (χ2n) is 5.78. The Balaban J connectivity index is 1.90. The van der Waals surface area contributed by atoms with E-state index < -0.39 is 0 Å². The molecule has 1 aromatic rings. The summed E-state index contributed by atoms with van der Waals surface area (Å²) in [5.41, 5.74) is 0.515. The van der Waals surface area contributed by atoms with E-state index in [4.69, 9.17) is 4.74 Å². The van der Waals surface area contributed by atoms with Crippen molar-refractivity contribution in [3.05, 3.63) is 18.0 Å². The van der Waals surface area contributed by atoms with Gasteiger partial charge in [0.25, 0.3) is 5.91 Å². The Kier molecular flexibility index (Phi) is 3.71. The first-order valence-corrected chi connectivity index (χ1v) is 6.38. The molecule has 1 aliphatic heterocycles. The van der Waals surface area contributed by atoms with Crippen LogP contribution in [0.2, 0.25) is 0 Å². The van der Waals surface area contributed by atoms with Gasteiger partial charge in [-0.05, 0) is 27.2 Å². The molecule has 2 rings (SSSR count). The number of amides is 1. The number of hydrogen-bond donors (Lipinski definition) is 1. The van der Waals surface area contributed by atoms with E-state index in [1.165, 1.54) is 0 Å². The molecule has 1 N–H and O–H groups in total. The van der Waals surface area contributed by atoms with Crippen LogP contribution in [-0.2, 0) is 10.3 Å². The zero-order valence-electron chi connectivity index (χ0n) is 11.3. The second-order valence-corrected chi connectivity index (χ2v) is 5.78. The molecule has 0 aliphatic carbocycles. The molecule has 1 aliphatic rings. The molecule has 1 fully saturated rings. The Morgan fingerprint density at radius 2 is 2.39 bits per heavy atom. The van der Waals surface area contributed by atoms with E-state index >= 15 is 0 Å². The maximum atomic E-state index is 11.9.